The molecule has 3 heterocycles. The largest absolute Gasteiger partial charge is 1.00 e. The third-order valence-corrected chi connectivity index (χ3v) is 4.88. The Labute approximate surface area is 204 Å². The van der Waals surface area contributed by atoms with Gasteiger partial charge in [-0.05, 0) is 74.7 Å². The van der Waals surface area contributed by atoms with Crippen LogP contribution in [0, 0.1) is 5.82 Å². The number of hydrogen-bond donors (Lipinski definition) is 0. The van der Waals surface area contributed by atoms with Gasteiger partial charge in [-0.3, -0.25) is 9.20 Å². The van der Waals surface area contributed by atoms with Crippen molar-refractivity contribution in [3.8, 4) is 22.6 Å². The van der Waals surface area contributed by atoms with Crippen LogP contribution >= 0.6 is 0 Å². The van der Waals surface area contributed by atoms with Gasteiger partial charge in [0.25, 0.3) is 0 Å². The van der Waals surface area contributed by atoms with E-state index in [1.54, 1.807) is 24.4 Å². The second-order valence-electron chi connectivity index (χ2n) is 7.81. The van der Waals surface area contributed by atoms with Gasteiger partial charge in [-0.1, -0.05) is 6.92 Å². The molecule has 1 aromatic carbocycles. The summed E-state index contributed by atoms with van der Waals surface area (Å²) in [5.41, 5.74) is 4.60. The van der Waals surface area contributed by atoms with Crippen molar-refractivity contribution in [3.05, 3.63) is 71.6 Å². The Morgan fingerprint density at radius 1 is 1.12 bits per heavy atom. The van der Waals surface area contributed by atoms with Crippen LogP contribution in [0.1, 0.15) is 25.3 Å². The molecule has 0 saturated heterocycles. The van der Waals surface area contributed by atoms with Crippen molar-refractivity contribution in [1.29, 1.82) is 0 Å². The van der Waals surface area contributed by atoms with E-state index in [1.807, 2.05) is 43.7 Å². The van der Waals surface area contributed by atoms with E-state index in [9.17, 15) is 9.18 Å². The van der Waals surface area contributed by atoms with Gasteiger partial charge in [-0.15, -0.1) is 0 Å². The SMILES string of the molecule is CCCC(=O)[N-]c1nccc(-c2c(-c3ccc(F)cc3)nc3cc(CN(C)C)ccn23)n1.[Li+]. The summed E-state index contributed by atoms with van der Waals surface area (Å²) in [6.07, 6.45) is 4.58. The van der Waals surface area contributed by atoms with Crippen molar-refractivity contribution < 1.29 is 28.0 Å². The fourth-order valence-electron chi connectivity index (χ4n) is 3.52. The third-order valence-electron chi connectivity index (χ3n) is 4.88. The molecule has 7 nitrogen and oxygen atoms in total. The maximum absolute atomic E-state index is 13.5. The molecule has 4 rings (SSSR count). The Morgan fingerprint density at radius 3 is 2.58 bits per heavy atom. The molecule has 0 unspecified atom stereocenters. The Balaban J connectivity index is 0.00000306. The number of hydrogen-bond acceptors (Lipinski definition) is 5. The molecule has 0 aliphatic heterocycles. The first-order chi connectivity index (χ1) is 15.4. The van der Waals surface area contributed by atoms with Gasteiger partial charge in [0.1, 0.15) is 11.5 Å². The summed E-state index contributed by atoms with van der Waals surface area (Å²) in [4.78, 5) is 27.5. The minimum absolute atomic E-state index is 0. The first-order valence-corrected chi connectivity index (χ1v) is 10.4. The predicted molar refractivity (Wildman–Crippen MR) is 122 cm³/mol. The summed E-state index contributed by atoms with van der Waals surface area (Å²) in [6, 6.07) is 12.0. The van der Waals surface area contributed by atoms with E-state index in [0.29, 0.717) is 24.2 Å². The molecule has 0 aliphatic carbocycles. The second kappa shape index (κ2) is 10.7. The van der Waals surface area contributed by atoms with Gasteiger partial charge in [0.05, 0.1) is 11.4 Å². The Bertz CT molecular complexity index is 1260. The van der Waals surface area contributed by atoms with Crippen molar-refractivity contribution >= 4 is 17.5 Å². The van der Waals surface area contributed by atoms with Gasteiger partial charge in [-0.2, -0.15) is 0 Å². The fraction of sp³-hybridized carbons (Fsp3) is 0.250. The molecule has 0 fully saturated rings. The quantitative estimate of drug-likeness (QED) is 0.413. The molecule has 0 spiro atoms. The van der Waals surface area contributed by atoms with Crippen molar-refractivity contribution in [2.45, 2.75) is 26.3 Å². The third kappa shape index (κ3) is 5.66. The van der Waals surface area contributed by atoms with Crippen LogP contribution in [-0.2, 0) is 11.3 Å². The number of fused-ring (bicyclic) bond motifs is 1. The number of nitrogens with zero attached hydrogens (tertiary/aromatic N) is 6. The molecule has 3 aromatic heterocycles. The molecule has 4 aromatic rings. The van der Waals surface area contributed by atoms with Crippen LogP contribution in [0.4, 0.5) is 10.3 Å². The average Bonchev–Trinajstić information content (AvgIpc) is 3.13. The van der Waals surface area contributed by atoms with E-state index in [2.05, 4.69) is 20.2 Å². The smallest absolute Gasteiger partial charge is 0.367 e. The number of rotatable bonds is 7. The zero-order valence-corrected chi connectivity index (χ0v) is 19.3. The molecule has 0 radical (unpaired) electrons. The molecule has 1 amide bonds. The van der Waals surface area contributed by atoms with Crippen molar-refractivity contribution in [1.82, 2.24) is 24.3 Å². The molecule has 9 heteroatoms. The van der Waals surface area contributed by atoms with Crippen molar-refractivity contribution in [3.63, 3.8) is 0 Å². The Morgan fingerprint density at radius 2 is 1.88 bits per heavy atom. The first-order valence-electron chi connectivity index (χ1n) is 10.4. The molecule has 0 N–H and O–H groups in total. The zero-order chi connectivity index (χ0) is 22.7. The van der Waals surface area contributed by atoms with Crippen LogP contribution < -0.4 is 18.9 Å². The minimum atomic E-state index is -0.315. The van der Waals surface area contributed by atoms with Gasteiger partial charge in [0.15, 0.2) is 5.91 Å². The van der Waals surface area contributed by atoms with Crippen LogP contribution in [-0.4, -0.2) is 44.3 Å². The van der Waals surface area contributed by atoms with Crippen molar-refractivity contribution in [2.75, 3.05) is 14.1 Å². The van der Waals surface area contributed by atoms with Gasteiger partial charge >= 0.3 is 18.9 Å². The summed E-state index contributed by atoms with van der Waals surface area (Å²) in [6.45, 7) is 2.70. The Hall–Kier alpha value is -3.05. The number of amides is 1. The number of carbonyl (C=O) groups excluding carboxylic acids is 1. The standard InChI is InChI=1S/C24H25FN6O.Li/c1-4-5-21(32)29-24-26-12-10-19(27-24)23-22(17-6-8-18(25)9-7-17)28-20-14-16(15-30(2)3)11-13-31(20)23;/h6-14H,4-5,15H2,1-3H3,(H,26,27,29,32);/q;+1/p-1. The second-order valence-corrected chi connectivity index (χ2v) is 7.81. The maximum Gasteiger partial charge on any atom is 1.00 e. The minimum Gasteiger partial charge on any atom is -0.367 e. The number of aromatic nitrogens is 4. The van der Waals surface area contributed by atoms with Crippen molar-refractivity contribution in [2.24, 2.45) is 0 Å². The van der Waals surface area contributed by atoms with Crippen LogP contribution in [0.25, 0.3) is 33.6 Å². The number of halogens is 1. The number of imidazole rings is 1. The van der Waals surface area contributed by atoms with Crippen LogP contribution in [0.5, 0.6) is 0 Å². The molecule has 0 aliphatic rings. The van der Waals surface area contributed by atoms with Gasteiger partial charge in [-0.25, -0.2) is 9.37 Å². The topological polar surface area (TPSA) is 77.5 Å². The summed E-state index contributed by atoms with van der Waals surface area (Å²) >= 11 is 0. The average molecular weight is 438 g/mol. The number of pyridine rings is 1. The molecule has 0 atom stereocenters. The maximum atomic E-state index is 13.5. The number of benzene rings is 1. The fourth-order valence-corrected chi connectivity index (χ4v) is 3.52. The predicted octanol–water partition coefficient (Wildman–Crippen LogP) is 1.99. The van der Waals surface area contributed by atoms with Crippen LogP contribution in [0.2, 0.25) is 0 Å². The van der Waals surface area contributed by atoms with E-state index in [4.69, 9.17) is 4.98 Å². The molecule has 0 bridgehead atoms. The normalized spacial score (nSPS) is 10.9. The van der Waals surface area contributed by atoms with E-state index in [1.165, 1.54) is 12.1 Å². The monoisotopic (exact) mass is 438 g/mol. The number of carbonyl (C=O) groups is 1. The van der Waals surface area contributed by atoms with Gasteiger partial charge in [0.2, 0.25) is 0 Å². The van der Waals surface area contributed by atoms with Crippen LogP contribution in [0.15, 0.2) is 54.9 Å². The van der Waals surface area contributed by atoms with E-state index < -0.39 is 0 Å². The van der Waals surface area contributed by atoms with Gasteiger partial charge in [0, 0.05) is 36.4 Å². The molecular formula is C24H24FLiN6O. The summed E-state index contributed by atoms with van der Waals surface area (Å²) in [5.74, 6) is -0.454. The van der Waals surface area contributed by atoms with E-state index >= 15 is 0 Å². The molecule has 164 valence electrons. The van der Waals surface area contributed by atoms with Crippen LogP contribution in [0.3, 0.4) is 0 Å². The molecule has 33 heavy (non-hydrogen) atoms. The molecule has 0 saturated carbocycles. The summed E-state index contributed by atoms with van der Waals surface area (Å²) in [7, 11) is 4.02. The summed E-state index contributed by atoms with van der Waals surface area (Å²) in [5, 5.41) is 4.01. The van der Waals surface area contributed by atoms with E-state index in [-0.39, 0.29) is 36.5 Å². The first kappa shape index (κ1) is 24.6. The zero-order valence-electron chi connectivity index (χ0n) is 19.3. The van der Waals surface area contributed by atoms with E-state index in [0.717, 1.165) is 29.0 Å². The summed E-state index contributed by atoms with van der Waals surface area (Å²) < 4.78 is 15.5. The Kier molecular flexibility index (Phi) is 7.98. The molecular weight excluding hydrogens is 414 g/mol. The van der Waals surface area contributed by atoms with Gasteiger partial charge < -0.3 is 20.2 Å².